The second kappa shape index (κ2) is 10.7. The standard InChI is InChI=1S/C7H7.C5H5.ClH.Zr/c1-7-5-3-2-4-6-7;1-2-4-5-3-1;;/h2-6H,1H2;1-5H;1H;/q2*-1;;+3/p-1. The first-order chi connectivity index (χ1) is 5.89. The Bertz CT molecular complexity index is 259. The second-order valence-corrected chi connectivity index (χ2v) is 2.45. The minimum atomic E-state index is 0. The van der Waals surface area contributed by atoms with Crippen LogP contribution in [-0.4, -0.2) is 0 Å². The van der Waals surface area contributed by atoms with E-state index in [-0.39, 0.29) is 38.6 Å². The van der Waals surface area contributed by atoms with E-state index in [0.29, 0.717) is 0 Å². The maximum Gasteiger partial charge on any atom is 3.00 e. The molecule has 2 heteroatoms. The Labute approximate surface area is 111 Å². The molecule has 1 radical (unpaired) electrons. The van der Waals surface area contributed by atoms with Crippen LogP contribution < -0.4 is 12.4 Å². The minimum absolute atomic E-state index is 0. The van der Waals surface area contributed by atoms with E-state index in [1.165, 1.54) is 0 Å². The summed E-state index contributed by atoms with van der Waals surface area (Å²) in [5.41, 5.74) is 1.07. The molecule has 0 heterocycles. The predicted octanol–water partition coefficient (Wildman–Crippen LogP) is 0.276. The summed E-state index contributed by atoms with van der Waals surface area (Å²) in [6, 6.07) is 19.9. The van der Waals surface area contributed by atoms with Crippen LogP contribution in [0.4, 0.5) is 0 Å². The average Bonchev–Trinajstić information content (AvgIpc) is 2.62. The van der Waals surface area contributed by atoms with E-state index in [9.17, 15) is 0 Å². The zero-order chi connectivity index (χ0) is 8.65. The Morgan fingerprint density at radius 3 is 1.57 bits per heavy atom. The Morgan fingerprint density at radius 2 is 1.36 bits per heavy atom. The van der Waals surface area contributed by atoms with Gasteiger partial charge < -0.3 is 12.4 Å². The van der Waals surface area contributed by atoms with E-state index in [1.807, 2.05) is 60.7 Å². The second-order valence-electron chi connectivity index (χ2n) is 2.45. The van der Waals surface area contributed by atoms with Gasteiger partial charge in [0.2, 0.25) is 0 Å². The van der Waals surface area contributed by atoms with Crippen LogP contribution in [0, 0.1) is 6.92 Å². The first-order valence-corrected chi connectivity index (χ1v) is 3.93. The SMILES string of the molecule is [CH2-]c1ccccc1.[Cl-].[Zr+3].c1cc[cH-]c1. The molecule has 0 fully saturated rings. The molecular weight excluding hydrogens is 271 g/mol. The van der Waals surface area contributed by atoms with Crippen LogP contribution in [0.3, 0.4) is 0 Å². The van der Waals surface area contributed by atoms with Gasteiger partial charge in [-0.25, -0.2) is 12.1 Å². The predicted molar refractivity (Wildman–Crippen MR) is 52.9 cm³/mol. The molecule has 2 aromatic rings. The molecule has 0 nitrogen and oxygen atoms in total. The summed E-state index contributed by atoms with van der Waals surface area (Å²) in [5.74, 6) is 0. The topological polar surface area (TPSA) is 0 Å². The largest absolute Gasteiger partial charge is 3.00 e. The molecule has 0 aliphatic carbocycles. The van der Waals surface area contributed by atoms with Gasteiger partial charge in [0.1, 0.15) is 0 Å². The number of hydrogen-bond acceptors (Lipinski definition) is 0. The van der Waals surface area contributed by atoms with Gasteiger partial charge in [0.15, 0.2) is 0 Å². The fourth-order valence-corrected chi connectivity index (χ4v) is 0.799. The summed E-state index contributed by atoms with van der Waals surface area (Å²) in [5, 5.41) is 0. The molecule has 0 N–H and O–H groups in total. The van der Waals surface area contributed by atoms with Crippen LogP contribution in [0.2, 0.25) is 0 Å². The first-order valence-electron chi connectivity index (χ1n) is 3.93. The smallest absolute Gasteiger partial charge is 1.00 e. The summed E-state index contributed by atoms with van der Waals surface area (Å²) >= 11 is 0. The van der Waals surface area contributed by atoms with E-state index < -0.39 is 0 Å². The third kappa shape index (κ3) is 8.22. The molecule has 0 aliphatic heterocycles. The van der Waals surface area contributed by atoms with E-state index in [4.69, 9.17) is 0 Å². The number of halogens is 1. The first kappa shape index (κ1) is 16.1. The fourth-order valence-electron chi connectivity index (χ4n) is 0.799. The van der Waals surface area contributed by atoms with Crippen molar-refractivity contribution in [2.24, 2.45) is 0 Å². The molecule has 0 spiro atoms. The van der Waals surface area contributed by atoms with Crippen LogP contribution >= 0.6 is 0 Å². The van der Waals surface area contributed by atoms with Crippen molar-refractivity contribution in [3.05, 3.63) is 73.2 Å². The van der Waals surface area contributed by atoms with Crippen molar-refractivity contribution in [2.45, 2.75) is 0 Å². The van der Waals surface area contributed by atoms with Gasteiger partial charge in [-0.15, -0.1) is 12.1 Å². The van der Waals surface area contributed by atoms with Crippen molar-refractivity contribution in [3.63, 3.8) is 0 Å². The summed E-state index contributed by atoms with van der Waals surface area (Å²) < 4.78 is 0. The van der Waals surface area contributed by atoms with Gasteiger partial charge in [0.25, 0.3) is 0 Å². The quantitative estimate of drug-likeness (QED) is 0.609. The fraction of sp³-hybridized carbons (Fsp3) is 0. The van der Waals surface area contributed by atoms with Crippen molar-refractivity contribution in [1.82, 2.24) is 0 Å². The zero-order valence-electron chi connectivity index (χ0n) is 7.86. The molecule has 0 saturated carbocycles. The van der Waals surface area contributed by atoms with Crippen LogP contribution in [-0.2, 0) is 26.2 Å². The number of benzene rings is 1. The monoisotopic (exact) mass is 281 g/mol. The Balaban J connectivity index is 0. The Morgan fingerprint density at radius 1 is 0.857 bits per heavy atom. The van der Waals surface area contributed by atoms with Crippen molar-refractivity contribution >= 4 is 0 Å². The molecule has 0 aromatic heterocycles. The molecule has 0 atom stereocenters. The molecule has 0 bridgehead atoms. The van der Waals surface area contributed by atoms with Gasteiger partial charge in [-0.05, 0) is 0 Å². The van der Waals surface area contributed by atoms with E-state index in [1.54, 1.807) is 0 Å². The van der Waals surface area contributed by atoms with Gasteiger partial charge in [-0.2, -0.15) is 42.8 Å². The molecule has 0 saturated heterocycles. The molecule has 2 aromatic carbocycles. The maximum absolute atomic E-state index is 3.72. The van der Waals surface area contributed by atoms with Crippen molar-refractivity contribution in [3.8, 4) is 0 Å². The van der Waals surface area contributed by atoms with E-state index in [2.05, 4.69) is 6.92 Å². The summed E-state index contributed by atoms with van der Waals surface area (Å²) in [7, 11) is 0. The molecule has 14 heavy (non-hydrogen) atoms. The molecule has 0 unspecified atom stereocenters. The van der Waals surface area contributed by atoms with Gasteiger partial charge in [-0.3, -0.25) is 0 Å². The summed E-state index contributed by atoms with van der Waals surface area (Å²) in [4.78, 5) is 0. The Hall–Kier alpha value is -0.387. The van der Waals surface area contributed by atoms with Gasteiger partial charge in [0.05, 0.1) is 0 Å². The molecule has 2 rings (SSSR count). The van der Waals surface area contributed by atoms with Gasteiger partial charge in [-0.1, -0.05) is 6.07 Å². The van der Waals surface area contributed by atoms with Crippen LogP contribution in [0.1, 0.15) is 5.56 Å². The van der Waals surface area contributed by atoms with Gasteiger partial charge >= 0.3 is 26.2 Å². The van der Waals surface area contributed by atoms with E-state index in [0.717, 1.165) is 5.56 Å². The van der Waals surface area contributed by atoms with E-state index >= 15 is 0 Å². The Kier molecular flexibility index (Phi) is 12.3. The normalized spacial score (nSPS) is 7.14. The zero-order valence-corrected chi connectivity index (χ0v) is 11.1. The summed E-state index contributed by atoms with van der Waals surface area (Å²) in [6.45, 7) is 3.72. The third-order valence-corrected chi connectivity index (χ3v) is 1.40. The number of hydrogen-bond donors (Lipinski definition) is 0. The summed E-state index contributed by atoms with van der Waals surface area (Å²) in [6.07, 6.45) is 0. The number of rotatable bonds is 0. The van der Waals surface area contributed by atoms with Crippen LogP contribution in [0.25, 0.3) is 0 Å². The van der Waals surface area contributed by atoms with Crippen LogP contribution in [0.5, 0.6) is 0 Å². The van der Waals surface area contributed by atoms with Crippen LogP contribution in [0.15, 0.2) is 60.7 Å². The molecular formula is C12H12ClZr. The molecule has 71 valence electrons. The van der Waals surface area contributed by atoms with Crippen molar-refractivity contribution in [1.29, 1.82) is 0 Å². The average molecular weight is 283 g/mol. The van der Waals surface area contributed by atoms with Crippen molar-refractivity contribution in [2.75, 3.05) is 0 Å². The minimum Gasteiger partial charge on any atom is -1.00 e. The molecule has 0 aliphatic rings. The maximum atomic E-state index is 3.72. The van der Waals surface area contributed by atoms with Crippen molar-refractivity contribution < 1.29 is 38.6 Å². The third-order valence-electron chi connectivity index (χ3n) is 1.40. The van der Waals surface area contributed by atoms with Gasteiger partial charge in [0, 0.05) is 0 Å². The molecule has 0 amide bonds.